The minimum atomic E-state index is -4.14. The van der Waals surface area contributed by atoms with Gasteiger partial charge in [-0.15, -0.1) is 0 Å². The van der Waals surface area contributed by atoms with Gasteiger partial charge in [-0.1, -0.05) is 12.8 Å². The lowest BCUT2D eigenvalue weighted by Crippen LogP contribution is -2.37. The van der Waals surface area contributed by atoms with Crippen LogP contribution in [0.2, 0.25) is 0 Å². The van der Waals surface area contributed by atoms with Gasteiger partial charge in [0.25, 0.3) is 0 Å². The van der Waals surface area contributed by atoms with Gasteiger partial charge in [0.2, 0.25) is 0 Å². The molecule has 2 nitrogen and oxygen atoms in total. The molecule has 0 aromatic rings. The highest BCUT2D eigenvalue weighted by molar-refractivity contribution is 5.84. The summed E-state index contributed by atoms with van der Waals surface area (Å²) in [6, 6.07) is 0.238. The van der Waals surface area contributed by atoms with Crippen molar-refractivity contribution in [3.8, 4) is 0 Å². The molecule has 0 aromatic heterocycles. The van der Waals surface area contributed by atoms with Gasteiger partial charge in [0.1, 0.15) is 5.78 Å². The molecular formula is C13H20F3NO. The molecule has 18 heavy (non-hydrogen) atoms. The lowest BCUT2D eigenvalue weighted by atomic mass is 9.84. The largest absolute Gasteiger partial charge is 0.389 e. The lowest BCUT2D eigenvalue weighted by molar-refractivity contribution is -0.137. The van der Waals surface area contributed by atoms with E-state index in [4.69, 9.17) is 0 Å². The van der Waals surface area contributed by atoms with Gasteiger partial charge in [-0.2, -0.15) is 13.2 Å². The van der Waals surface area contributed by atoms with Crippen LogP contribution >= 0.6 is 0 Å². The standard InChI is InChI=1S/C13H20F3NO/c14-13(15,16)7-3-6-12(18)11-8-9-4-1-2-5-10(9)17-11/h9-11,17H,1-8H2. The number of Topliss-reactive ketones (excluding diaryl/α,β-unsaturated/α-hetero) is 1. The summed E-state index contributed by atoms with van der Waals surface area (Å²) in [5.41, 5.74) is 0. The molecule has 5 heteroatoms. The predicted octanol–water partition coefficient (Wildman–Crippen LogP) is 3.21. The van der Waals surface area contributed by atoms with E-state index in [1.807, 2.05) is 0 Å². The third-order valence-corrected chi connectivity index (χ3v) is 4.13. The van der Waals surface area contributed by atoms with Gasteiger partial charge in [0.05, 0.1) is 6.04 Å². The first-order chi connectivity index (χ1) is 8.46. The minimum Gasteiger partial charge on any atom is -0.304 e. The molecule has 104 valence electrons. The summed E-state index contributed by atoms with van der Waals surface area (Å²) >= 11 is 0. The first-order valence-corrected chi connectivity index (χ1v) is 6.81. The molecular weight excluding hydrogens is 243 g/mol. The number of hydrogen-bond acceptors (Lipinski definition) is 2. The van der Waals surface area contributed by atoms with Gasteiger partial charge in [-0.25, -0.2) is 0 Å². The Morgan fingerprint density at radius 1 is 1.22 bits per heavy atom. The molecule has 0 bridgehead atoms. The van der Waals surface area contributed by atoms with E-state index in [-0.39, 0.29) is 24.7 Å². The number of carbonyl (C=O) groups is 1. The molecule has 0 radical (unpaired) electrons. The molecule has 1 aliphatic carbocycles. The molecule has 1 heterocycles. The Morgan fingerprint density at radius 3 is 2.61 bits per heavy atom. The van der Waals surface area contributed by atoms with Crippen molar-refractivity contribution in [1.82, 2.24) is 5.32 Å². The van der Waals surface area contributed by atoms with Gasteiger partial charge in [0.15, 0.2) is 0 Å². The van der Waals surface area contributed by atoms with E-state index >= 15 is 0 Å². The van der Waals surface area contributed by atoms with Crippen molar-refractivity contribution in [1.29, 1.82) is 0 Å². The van der Waals surface area contributed by atoms with Gasteiger partial charge in [-0.05, 0) is 31.6 Å². The second-order valence-electron chi connectivity index (χ2n) is 5.54. The molecule has 3 unspecified atom stereocenters. The fourth-order valence-electron chi connectivity index (χ4n) is 3.20. The summed E-state index contributed by atoms with van der Waals surface area (Å²) < 4.78 is 36.0. The van der Waals surface area contributed by atoms with Gasteiger partial charge in [0, 0.05) is 18.9 Å². The Morgan fingerprint density at radius 2 is 1.94 bits per heavy atom. The van der Waals surface area contributed by atoms with E-state index in [0.717, 1.165) is 19.3 Å². The average molecular weight is 263 g/mol. The van der Waals surface area contributed by atoms with E-state index in [0.29, 0.717) is 12.0 Å². The zero-order chi connectivity index (χ0) is 13.2. The Balaban J connectivity index is 1.73. The Kier molecular flexibility index (Phi) is 4.30. The first kappa shape index (κ1) is 13.8. The Hall–Kier alpha value is -0.580. The number of nitrogens with one attached hydrogen (secondary N) is 1. The number of alkyl halides is 3. The molecule has 0 spiro atoms. The Bertz CT molecular complexity index is 289. The van der Waals surface area contributed by atoms with E-state index in [2.05, 4.69) is 5.32 Å². The van der Waals surface area contributed by atoms with Crippen LogP contribution in [0.15, 0.2) is 0 Å². The van der Waals surface area contributed by atoms with Crippen molar-refractivity contribution < 1.29 is 18.0 Å². The lowest BCUT2D eigenvalue weighted by Gasteiger charge is -2.24. The predicted molar refractivity (Wildman–Crippen MR) is 62.2 cm³/mol. The monoisotopic (exact) mass is 263 g/mol. The number of ketones is 1. The van der Waals surface area contributed by atoms with Crippen molar-refractivity contribution in [2.24, 2.45) is 5.92 Å². The van der Waals surface area contributed by atoms with Crippen LogP contribution in [0, 0.1) is 5.92 Å². The summed E-state index contributed by atoms with van der Waals surface area (Å²) in [5.74, 6) is 0.531. The van der Waals surface area contributed by atoms with Gasteiger partial charge >= 0.3 is 6.18 Å². The van der Waals surface area contributed by atoms with Crippen molar-refractivity contribution in [2.75, 3.05) is 0 Å². The quantitative estimate of drug-likeness (QED) is 0.843. The number of carbonyl (C=O) groups excluding carboxylic acids is 1. The van der Waals surface area contributed by atoms with Crippen molar-refractivity contribution >= 4 is 5.78 Å². The molecule has 3 atom stereocenters. The molecule has 1 saturated heterocycles. The molecule has 1 saturated carbocycles. The number of halogens is 3. The number of hydrogen-bond donors (Lipinski definition) is 1. The maximum Gasteiger partial charge on any atom is 0.389 e. The van der Waals surface area contributed by atoms with Crippen LogP contribution in [0.5, 0.6) is 0 Å². The van der Waals surface area contributed by atoms with E-state index in [9.17, 15) is 18.0 Å². The smallest absolute Gasteiger partial charge is 0.304 e. The SMILES string of the molecule is O=C(CCCC(F)(F)F)C1CC2CCCCC2N1. The van der Waals surface area contributed by atoms with Crippen molar-refractivity contribution in [2.45, 2.75) is 69.6 Å². The number of fused-ring (bicyclic) bond motifs is 1. The highest BCUT2D eigenvalue weighted by atomic mass is 19.4. The fraction of sp³-hybridized carbons (Fsp3) is 0.923. The first-order valence-electron chi connectivity index (χ1n) is 6.81. The van der Waals surface area contributed by atoms with E-state index in [1.165, 1.54) is 12.8 Å². The average Bonchev–Trinajstić information content (AvgIpc) is 2.70. The second-order valence-corrected chi connectivity index (χ2v) is 5.54. The molecule has 1 N–H and O–H groups in total. The summed E-state index contributed by atoms with van der Waals surface area (Å²) in [5, 5.41) is 3.31. The molecule has 1 aliphatic heterocycles. The summed E-state index contributed by atoms with van der Waals surface area (Å²) in [6.07, 6.45) is 0.500. The molecule has 2 aliphatic rings. The summed E-state index contributed by atoms with van der Waals surface area (Å²) in [4.78, 5) is 11.8. The third-order valence-electron chi connectivity index (χ3n) is 4.13. The summed E-state index contributed by atoms with van der Waals surface area (Å²) in [6.45, 7) is 0. The zero-order valence-electron chi connectivity index (χ0n) is 10.4. The van der Waals surface area contributed by atoms with E-state index < -0.39 is 12.6 Å². The Labute approximate surface area is 105 Å². The van der Waals surface area contributed by atoms with Crippen LogP contribution in [0.25, 0.3) is 0 Å². The maximum absolute atomic E-state index is 12.0. The van der Waals surface area contributed by atoms with Gasteiger partial charge in [-0.3, -0.25) is 4.79 Å². The van der Waals surface area contributed by atoms with Gasteiger partial charge < -0.3 is 5.32 Å². The van der Waals surface area contributed by atoms with Crippen LogP contribution in [0.3, 0.4) is 0 Å². The molecule has 2 fully saturated rings. The zero-order valence-corrected chi connectivity index (χ0v) is 10.4. The van der Waals surface area contributed by atoms with Crippen molar-refractivity contribution in [3.05, 3.63) is 0 Å². The minimum absolute atomic E-state index is 0.0337. The third kappa shape index (κ3) is 3.70. The van der Waals surface area contributed by atoms with Crippen LogP contribution in [0.4, 0.5) is 13.2 Å². The van der Waals surface area contributed by atoms with E-state index in [1.54, 1.807) is 0 Å². The molecule has 0 amide bonds. The summed E-state index contributed by atoms with van der Waals surface area (Å²) in [7, 11) is 0. The number of rotatable bonds is 4. The molecule has 0 aromatic carbocycles. The second kappa shape index (κ2) is 5.59. The van der Waals surface area contributed by atoms with Crippen LogP contribution in [0.1, 0.15) is 51.4 Å². The maximum atomic E-state index is 12.0. The molecule has 2 rings (SSSR count). The van der Waals surface area contributed by atoms with Crippen LogP contribution in [-0.4, -0.2) is 24.0 Å². The normalized spacial score (nSPS) is 32.3. The topological polar surface area (TPSA) is 29.1 Å². The fourth-order valence-corrected chi connectivity index (χ4v) is 3.20. The van der Waals surface area contributed by atoms with Crippen LogP contribution < -0.4 is 5.32 Å². The highest BCUT2D eigenvalue weighted by Gasteiger charge is 2.38. The van der Waals surface area contributed by atoms with Crippen LogP contribution in [-0.2, 0) is 4.79 Å². The van der Waals surface area contributed by atoms with Crippen molar-refractivity contribution in [3.63, 3.8) is 0 Å². The highest BCUT2D eigenvalue weighted by Crippen LogP contribution is 2.34.